The minimum absolute atomic E-state index is 0.0958. The van der Waals surface area contributed by atoms with Crippen LogP contribution in [0.2, 0.25) is 0 Å². The van der Waals surface area contributed by atoms with Crippen LogP contribution in [0.15, 0.2) is 0 Å². The van der Waals surface area contributed by atoms with Crippen LogP contribution in [-0.2, 0) is 11.3 Å². The van der Waals surface area contributed by atoms with E-state index in [1.54, 1.807) is 0 Å². The van der Waals surface area contributed by atoms with Crippen LogP contribution in [0.3, 0.4) is 0 Å². The molecule has 1 saturated heterocycles. The lowest BCUT2D eigenvalue weighted by molar-refractivity contribution is -0.0263. The molecule has 1 aromatic heterocycles. The van der Waals surface area contributed by atoms with E-state index in [-0.39, 0.29) is 6.10 Å². The Labute approximate surface area is 102 Å². The molecule has 0 radical (unpaired) electrons. The maximum absolute atomic E-state index is 10.3. The van der Waals surface area contributed by atoms with Gasteiger partial charge < -0.3 is 15.2 Å². The minimum Gasteiger partial charge on any atom is -0.386 e. The van der Waals surface area contributed by atoms with Crippen molar-refractivity contribution in [2.45, 2.75) is 45.4 Å². The first-order valence-corrected chi connectivity index (χ1v) is 6.08. The van der Waals surface area contributed by atoms with Crippen molar-refractivity contribution in [1.82, 2.24) is 15.5 Å². The van der Waals surface area contributed by atoms with E-state index in [0.717, 1.165) is 17.9 Å². The van der Waals surface area contributed by atoms with E-state index < -0.39 is 5.60 Å². The highest BCUT2D eigenvalue weighted by Crippen LogP contribution is 2.24. The molecule has 1 aliphatic heterocycles. The SMILES string of the molecule is Cc1n[nH]c(C)c1CNCC1(O)CCOC1C. The molecule has 2 unspecified atom stereocenters. The van der Waals surface area contributed by atoms with Gasteiger partial charge in [-0.05, 0) is 20.8 Å². The lowest BCUT2D eigenvalue weighted by Gasteiger charge is -2.26. The monoisotopic (exact) mass is 239 g/mol. The number of H-pyrrole nitrogens is 1. The maximum Gasteiger partial charge on any atom is 0.105 e. The summed E-state index contributed by atoms with van der Waals surface area (Å²) >= 11 is 0. The van der Waals surface area contributed by atoms with Crippen molar-refractivity contribution in [2.24, 2.45) is 0 Å². The third-order valence-corrected chi connectivity index (χ3v) is 3.67. The quantitative estimate of drug-likeness (QED) is 0.722. The molecule has 0 amide bonds. The molecule has 0 aliphatic carbocycles. The van der Waals surface area contributed by atoms with Crippen LogP contribution in [0.4, 0.5) is 0 Å². The number of rotatable bonds is 4. The molecule has 1 aromatic rings. The summed E-state index contributed by atoms with van der Waals surface area (Å²) < 4.78 is 5.40. The molecule has 2 atom stereocenters. The molecule has 1 fully saturated rings. The Morgan fingerprint density at radius 2 is 2.35 bits per heavy atom. The van der Waals surface area contributed by atoms with Crippen molar-refractivity contribution in [3.05, 3.63) is 17.0 Å². The van der Waals surface area contributed by atoms with Crippen LogP contribution in [0, 0.1) is 13.8 Å². The lowest BCUT2D eigenvalue weighted by Crippen LogP contribution is -2.45. The molecular weight excluding hydrogens is 218 g/mol. The molecule has 2 rings (SSSR count). The second-order valence-electron chi connectivity index (χ2n) is 4.88. The average molecular weight is 239 g/mol. The van der Waals surface area contributed by atoms with Crippen LogP contribution in [0.5, 0.6) is 0 Å². The van der Waals surface area contributed by atoms with Crippen LogP contribution in [0.25, 0.3) is 0 Å². The van der Waals surface area contributed by atoms with Crippen molar-refractivity contribution in [3.63, 3.8) is 0 Å². The largest absolute Gasteiger partial charge is 0.386 e. The molecule has 5 heteroatoms. The molecule has 17 heavy (non-hydrogen) atoms. The topological polar surface area (TPSA) is 70.2 Å². The number of aliphatic hydroxyl groups is 1. The van der Waals surface area contributed by atoms with Crippen molar-refractivity contribution >= 4 is 0 Å². The Balaban J connectivity index is 1.88. The van der Waals surface area contributed by atoms with E-state index in [1.165, 1.54) is 5.56 Å². The van der Waals surface area contributed by atoms with Gasteiger partial charge in [0.05, 0.1) is 11.8 Å². The predicted octanol–water partition coefficient (Wildman–Crippen LogP) is 0.656. The average Bonchev–Trinajstić information content (AvgIpc) is 2.76. The van der Waals surface area contributed by atoms with Crippen molar-refractivity contribution in [2.75, 3.05) is 13.2 Å². The van der Waals surface area contributed by atoms with Gasteiger partial charge >= 0.3 is 0 Å². The van der Waals surface area contributed by atoms with Gasteiger partial charge in [-0.15, -0.1) is 0 Å². The van der Waals surface area contributed by atoms with Crippen molar-refractivity contribution in [3.8, 4) is 0 Å². The van der Waals surface area contributed by atoms with Crippen molar-refractivity contribution in [1.29, 1.82) is 0 Å². The first-order chi connectivity index (χ1) is 8.03. The molecular formula is C12H21N3O2. The first kappa shape index (κ1) is 12.5. The van der Waals surface area contributed by atoms with Gasteiger partial charge in [0.25, 0.3) is 0 Å². The molecule has 0 saturated carbocycles. The van der Waals surface area contributed by atoms with E-state index in [1.807, 2.05) is 20.8 Å². The number of ether oxygens (including phenoxy) is 1. The van der Waals surface area contributed by atoms with Gasteiger partial charge in [0, 0.05) is 37.4 Å². The molecule has 3 N–H and O–H groups in total. The summed E-state index contributed by atoms with van der Waals surface area (Å²) in [6.07, 6.45) is 0.603. The maximum atomic E-state index is 10.3. The van der Waals surface area contributed by atoms with Gasteiger partial charge in [-0.25, -0.2) is 0 Å². The molecule has 0 bridgehead atoms. The van der Waals surface area contributed by atoms with Gasteiger partial charge in [-0.3, -0.25) is 5.10 Å². The molecule has 1 aliphatic rings. The summed E-state index contributed by atoms with van der Waals surface area (Å²) in [5, 5.41) is 20.7. The highest BCUT2D eigenvalue weighted by atomic mass is 16.5. The van der Waals surface area contributed by atoms with E-state index >= 15 is 0 Å². The molecule has 5 nitrogen and oxygen atoms in total. The minimum atomic E-state index is -0.731. The molecule has 2 heterocycles. The van der Waals surface area contributed by atoms with Crippen molar-refractivity contribution < 1.29 is 9.84 Å². The van der Waals surface area contributed by atoms with Crippen LogP contribution in [0.1, 0.15) is 30.3 Å². The number of aromatic amines is 1. The van der Waals surface area contributed by atoms with Crippen LogP contribution < -0.4 is 5.32 Å². The fraction of sp³-hybridized carbons (Fsp3) is 0.750. The summed E-state index contributed by atoms with van der Waals surface area (Å²) in [7, 11) is 0. The standard InChI is InChI=1S/C12H21N3O2/c1-8-11(9(2)15-14-8)6-13-7-12(16)4-5-17-10(12)3/h10,13,16H,4-7H2,1-3H3,(H,14,15). The molecule has 0 aromatic carbocycles. The summed E-state index contributed by atoms with van der Waals surface area (Å²) in [5.74, 6) is 0. The number of nitrogens with zero attached hydrogens (tertiary/aromatic N) is 1. The van der Waals surface area contributed by atoms with E-state index in [9.17, 15) is 5.11 Å². The summed E-state index contributed by atoms with van der Waals surface area (Å²) in [6.45, 7) is 7.83. The van der Waals surface area contributed by atoms with Crippen LogP contribution in [-0.4, -0.2) is 40.2 Å². The fourth-order valence-corrected chi connectivity index (χ4v) is 2.24. The second kappa shape index (κ2) is 4.76. The summed E-state index contributed by atoms with van der Waals surface area (Å²) in [4.78, 5) is 0. The van der Waals surface area contributed by atoms with Gasteiger partial charge in [0.15, 0.2) is 0 Å². The number of nitrogens with one attached hydrogen (secondary N) is 2. The fourth-order valence-electron chi connectivity index (χ4n) is 2.24. The Kier molecular flexibility index (Phi) is 3.51. The third-order valence-electron chi connectivity index (χ3n) is 3.67. The van der Waals surface area contributed by atoms with Gasteiger partial charge in [0.2, 0.25) is 0 Å². The smallest absolute Gasteiger partial charge is 0.105 e. The van der Waals surface area contributed by atoms with E-state index in [4.69, 9.17) is 4.74 Å². The lowest BCUT2D eigenvalue weighted by atomic mass is 9.96. The summed E-state index contributed by atoms with van der Waals surface area (Å²) in [5.41, 5.74) is 2.54. The zero-order chi connectivity index (χ0) is 12.5. The van der Waals surface area contributed by atoms with E-state index in [2.05, 4.69) is 15.5 Å². The van der Waals surface area contributed by atoms with Gasteiger partial charge in [-0.1, -0.05) is 0 Å². The number of hydrogen-bond acceptors (Lipinski definition) is 4. The molecule has 0 spiro atoms. The van der Waals surface area contributed by atoms with Crippen LogP contribution >= 0.6 is 0 Å². The predicted molar refractivity (Wildman–Crippen MR) is 64.7 cm³/mol. The zero-order valence-corrected chi connectivity index (χ0v) is 10.7. The number of aryl methyl sites for hydroxylation is 2. The van der Waals surface area contributed by atoms with Gasteiger partial charge in [0.1, 0.15) is 5.60 Å². The second-order valence-corrected chi connectivity index (χ2v) is 4.88. The zero-order valence-electron chi connectivity index (χ0n) is 10.7. The normalized spacial score (nSPS) is 28.8. The Morgan fingerprint density at radius 3 is 2.88 bits per heavy atom. The third kappa shape index (κ3) is 2.51. The summed E-state index contributed by atoms with van der Waals surface area (Å²) in [6, 6.07) is 0. The highest BCUT2D eigenvalue weighted by molar-refractivity contribution is 5.22. The first-order valence-electron chi connectivity index (χ1n) is 6.08. The van der Waals surface area contributed by atoms with Gasteiger partial charge in [-0.2, -0.15) is 5.10 Å². The number of hydrogen-bond donors (Lipinski definition) is 3. The Hall–Kier alpha value is -0.910. The highest BCUT2D eigenvalue weighted by Gasteiger charge is 2.38. The Morgan fingerprint density at radius 1 is 1.59 bits per heavy atom. The molecule has 96 valence electrons. The number of aromatic nitrogens is 2. The Bertz CT molecular complexity index is 372. The van der Waals surface area contributed by atoms with E-state index in [0.29, 0.717) is 19.6 Å².